The Morgan fingerprint density at radius 3 is 2.59 bits per heavy atom. The third kappa shape index (κ3) is 4.84. The quantitative estimate of drug-likeness (QED) is 0.237. The summed E-state index contributed by atoms with van der Waals surface area (Å²) >= 11 is 5.98. The summed E-state index contributed by atoms with van der Waals surface area (Å²) in [4.78, 5) is 39.7. The second kappa shape index (κ2) is 10.2. The minimum Gasteiger partial charge on any atom is -0.504 e. The summed E-state index contributed by atoms with van der Waals surface area (Å²) in [5.41, 5.74) is 1.16. The number of carbonyl (C=O) groups excluding carboxylic acids is 2. The molecule has 2 unspecified atom stereocenters. The number of amides is 2. The molecule has 0 bridgehead atoms. The second-order valence-corrected chi connectivity index (χ2v) is 9.30. The second-order valence-electron chi connectivity index (χ2n) is 8.93. The highest BCUT2D eigenvalue weighted by Gasteiger charge is 2.59. The fourth-order valence-electron chi connectivity index (χ4n) is 4.74. The van der Waals surface area contributed by atoms with E-state index in [0.717, 1.165) is 0 Å². The van der Waals surface area contributed by atoms with Gasteiger partial charge in [-0.25, -0.2) is 4.79 Å². The average Bonchev–Trinajstić information content (AvgIpc) is 2.99. The number of carboxylic acid groups (broad SMARTS) is 1. The first-order valence-electron chi connectivity index (χ1n) is 11.1. The number of carbonyl (C=O) groups is 3. The highest BCUT2D eigenvalue weighted by atomic mass is 35.5. The molecule has 0 spiro atoms. The van der Waals surface area contributed by atoms with E-state index in [2.05, 4.69) is 5.32 Å². The van der Waals surface area contributed by atoms with Crippen molar-refractivity contribution >= 4 is 29.4 Å². The number of rotatable bonds is 10. The zero-order valence-electron chi connectivity index (χ0n) is 19.3. The van der Waals surface area contributed by atoms with E-state index in [9.17, 15) is 34.8 Å². The summed E-state index contributed by atoms with van der Waals surface area (Å²) in [7, 11) is 1.80. The Kier molecular flexibility index (Phi) is 7.74. The predicted octanol–water partition coefficient (Wildman–Crippen LogP) is 0.928. The molecule has 0 radical (unpaired) electrons. The smallest absolute Gasteiger partial charge is 0.352 e. The molecule has 0 aliphatic carbocycles. The number of carboxylic acids is 1. The lowest BCUT2D eigenvalue weighted by Crippen LogP contribution is -2.63. The van der Waals surface area contributed by atoms with E-state index in [0.29, 0.717) is 30.8 Å². The number of aliphatic hydroxyl groups excluding tert-OH is 1. The molecule has 1 aromatic rings. The van der Waals surface area contributed by atoms with Crippen molar-refractivity contribution in [3.8, 4) is 11.5 Å². The lowest BCUT2D eigenvalue weighted by Gasteiger charge is -2.46. The van der Waals surface area contributed by atoms with Crippen LogP contribution in [-0.2, 0) is 20.8 Å². The van der Waals surface area contributed by atoms with Crippen LogP contribution in [0.25, 0.3) is 0 Å². The van der Waals surface area contributed by atoms with Crippen LogP contribution in [0.2, 0.25) is 5.02 Å². The Morgan fingerprint density at radius 1 is 1.29 bits per heavy atom. The summed E-state index contributed by atoms with van der Waals surface area (Å²) in [6, 6.07) is 2.51. The van der Waals surface area contributed by atoms with Crippen LogP contribution in [0, 0.1) is 11.8 Å². The SMILES string of the molecule is CC(O)[C@H]1C(=O)N2C(C(=O)O)=C(CN(C)CCNC(=O)CCc3ccc(O)c(O)c3Cl)C(C)[C@H]12. The maximum atomic E-state index is 12.4. The highest BCUT2D eigenvalue weighted by molar-refractivity contribution is 6.33. The van der Waals surface area contributed by atoms with Crippen LogP contribution in [0.15, 0.2) is 23.4 Å². The molecule has 1 saturated heterocycles. The first-order chi connectivity index (χ1) is 16.0. The third-order valence-electron chi connectivity index (χ3n) is 6.57. The van der Waals surface area contributed by atoms with Crippen LogP contribution in [0.5, 0.6) is 11.5 Å². The van der Waals surface area contributed by atoms with E-state index in [1.165, 1.54) is 17.9 Å². The molecule has 2 aliphatic rings. The number of phenolic OH excluding ortho intramolecular Hbond substituents is 2. The van der Waals surface area contributed by atoms with Crippen LogP contribution >= 0.6 is 11.6 Å². The molecular weight excluding hydrogens is 466 g/mol. The molecule has 2 aliphatic heterocycles. The van der Waals surface area contributed by atoms with Crippen LogP contribution in [0.1, 0.15) is 25.8 Å². The van der Waals surface area contributed by atoms with Crippen molar-refractivity contribution in [2.24, 2.45) is 11.8 Å². The first kappa shape index (κ1) is 25.8. The number of halogens is 1. The molecule has 5 N–H and O–H groups in total. The molecule has 4 atom stereocenters. The number of hydrogen-bond acceptors (Lipinski definition) is 7. The zero-order valence-corrected chi connectivity index (χ0v) is 20.0. The normalized spacial score (nSPS) is 22.6. The molecule has 1 aromatic carbocycles. The lowest BCUT2D eigenvalue weighted by molar-refractivity contribution is -0.163. The van der Waals surface area contributed by atoms with Gasteiger partial charge in [0, 0.05) is 32.0 Å². The van der Waals surface area contributed by atoms with E-state index in [4.69, 9.17) is 11.6 Å². The monoisotopic (exact) mass is 495 g/mol. The standard InChI is InChI=1S/C23H30ClN3O7/c1-11-14(20(23(33)34)27-19(11)17(12(2)28)22(27)32)10-26(3)9-8-25-16(30)7-5-13-4-6-15(29)21(31)18(13)24/h4,6,11-12,17,19,28-29,31H,5,7-10H2,1-3H3,(H,25,30)(H,33,34)/t11?,12?,17-,19-/m1/s1. The fourth-order valence-corrected chi connectivity index (χ4v) is 4.99. The van der Waals surface area contributed by atoms with Crippen molar-refractivity contribution in [1.29, 1.82) is 0 Å². The van der Waals surface area contributed by atoms with Gasteiger partial charge in [-0.05, 0) is 37.6 Å². The van der Waals surface area contributed by atoms with E-state index in [1.54, 1.807) is 13.1 Å². The minimum atomic E-state index is -1.16. The van der Waals surface area contributed by atoms with Crippen molar-refractivity contribution in [3.63, 3.8) is 0 Å². The Labute approximate surface area is 202 Å². The van der Waals surface area contributed by atoms with Crippen molar-refractivity contribution in [2.45, 2.75) is 38.8 Å². The van der Waals surface area contributed by atoms with E-state index in [1.807, 2.05) is 11.8 Å². The average molecular weight is 496 g/mol. The molecule has 2 heterocycles. The van der Waals surface area contributed by atoms with Crippen molar-refractivity contribution < 1.29 is 34.8 Å². The number of nitrogens with one attached hydrogen (secondary N) is 1. The van der Waals surface area contributed by atoms with E-state index >= 15 is 0 Å². The van der Waals surface area contributed by atoms with Gasteiger partial charge >= 0.3 is 5.97 Å². The number of aliphatic hydroxyl groups is 1. The van der Waals surface area contributed by atoms with Gasteiger partial charge in [0.05, 0.1) is 23.1 Å². The number of fused-ring (bicyclic) bond motifs is 1. The molecule has 11 heteroatoms. The maximum Gasteiger partial charge on any atom is 0.352 e. The number of nitrogens with zero attached hydrogens (tertiary/aromatic N) is 2. The summed E-state index contributed by atoms with van der Waals surface area (Å²) < 4.78 is 0. The Morgan fingerprint density at radius 2 is 1.97 bits per heavy atom. The van der Waals surface area contributed by atoms with Gasteiger partial charge in [-0.3, -0.25) is 9.59 Å². The molecule has 0 aromatic heterocycles. The summed E-state index contributed by atoms with van der Waals surface area (Å²) in [5, 5.41) is 41.6. The number of aliphatic carboxylic acids is 1. The highest BCUT2D eigenvalue weighted by Crippen LogP contribution is 2.47. The molecule has 1 fully saturated rings. The molecule has 2 amide bonds. The summed E-state index contributed by atoms with van der Waals surface area (Å²) in [5.74, 6) is -3.29. The van der Waals surface area contributed by atoms with Gasteiger partial charge in [-0.1, -0.05) is 24.6 Å². The number of likely N-dealkylation sites (N-methyl/N-ethyl adjacent to an activating group) is 1. The molecule has 186 valence electrons. The molecule has 10 nitrogen and oxygen atoms in total. The van der Waals surface area contributed by atoms with E-state index in [-0.39, 0.29) is 53.1 Å². The van der Waals surface area contributed by atoms with Gasteiger partial charge in [0.1, 0.15) is 5.70 Å². The minimum absolute atomic E-state index is 0.00989. The van der Waals surface area contributed by atoms with Crippen LogP contribution < -0.4 is 5.32 Å². The van der Waals surface area contributed by atoms with Crippen molar-refractivity contribution in [1.82, 2.24) is 15.1 Å². The number of benzene rings is 1. The van der Waals surface area contributed by atoms with Gasteiger partial charge in [0.15, 0.2) is 11.5 Å². The van der Waals surface area contributed by atoms with Gasteiger partial charge in [-0.2, -0.15) is 0 Å². The number of aromatic hydroxyl groups is 2. The van der Waals surface area contributed by atoms with E-state index < -0.39 is 23.7 Å². The topological polar surface area (TPSA) is 151 Å². The molecule has 34 heavy (non-hydrogen) atoms. The maximum absolute atomic E-state index is 12.4. The van der Waals surface area contributed by atoms with Gasteiger partial charge in [0.2, 0.25) is 11.8 Å². The zero-order chi connectivity index (χ0) is 25.3. The van der Waals surface area contributed by atoms with Gasteiger partial charge in [-0.15, -0.1) is 0 Å². The molecule has 3 rings (SSSR count). The largest absolute Gasteiger partial charge is 0.504 e. The van der Waals surface area contributed by atoms with Crippen LogP contribution in [0.4, 0.5) is 0 Å². The van der Waals surface area contributed by atoms with Crippen molar-refractivity contribution in [3.05, 3.63) is 34.0 Å². The number of β-lactam (4-membered cyclic amide) rings is 1. The molecule has 0 saturated carbocycles. The summed E-state index contributed by atoms with van der Waals surface area (Å²) in [6.07, 6.45) is -0.423. The lowest BCUT2D eigenvalue weighted by atomic mass is 9.77. The third-order valence-corrected chi connectivity index (χ3v) is 6.99. The molecular formula is C23H30ClN3O7. The Balaban J connectivity index is 1.51. The number of phenols is 2. The Bertz CT molecular complexity index is 1030. The Hall–Kier alpha value is -2.82. The van der Waals surface area contributed by atoms with Gasteiger partial charge < -0.3 is 35.5 Å². The number of hydrogen-bond donors (Lipinski definition) is 5. The van der Waals surface area contributed by atoms with Crippen molar-refractivity contribution in [2.75, 3.05) is 26.7 Å². The van der Waals surface area contributed by atoms with Gasteiger partial charge in [0.25, 0.3) is 0 Å². The predicted molar refractivity (Wildman–Crippen MR) is 123 cm³/mol. The number of aryl methyl sites for hydroxylation is 1. The first-order valence-corrected chi connectivity index (χ1v) is 11.5. The fraction of sp³-hybridized carbons (Fsp3) is 0.522. The van der Waals surface area contributed by atoms with Crippen LogP contribution in [-0.4, -0.2) is 86.8 Å². The van der Waals surface area contributed by atoms with Crippen LogP contribution in [0.3, 0.4) is 0 Å². The summed E-state index contributed by atoms with van der Waals surface area (Å²) in [6.45, 7) is 4.50.